The van der Waals surface area contributed by atoms with Crippen LogP contribution < -0.4 is 5.73 Å². The highest BCUT2D eigenvalue weighted by Crippen LogP contribution is 2.18. The summed E-state index contributed by atoms with van der Waals surface area (Å²) in [5, 5.41) is 0. The molecule has 0 bridgehead atoms. The van der Waals surface area contributed by atoms with Gasteiger partial charge in [-0.3, -0.25) is 4.79 Å². The van der Waals surface area contributed by atoms with Crippen LogP contribution in [-0.4, -0.2) is 12.9 Å². The van der Waals surface area contributed by atoms with E-state index in [1.54, 1.807) is 37.4 Å². The summed E-state index contributed by atoms with van der Waals surface area (Å²) in [6.07, 6.45) is 0. The molecule has 1 heterocycles. The summed E-state index contributed by atoms with van der Waals surface area (Å²) in [5.74, 6) is 0.804. The lowest BCUT2D eigenvalue weighted by Crippen LogP contribution is -2.03. The van der Waals surface area contributed by atoms with Crippen LogP contribution in [0, 0.1) is 6.92 Å². The number of carbonyl (C=O) groups excluding carboxylic acids is 1. The maximum Gasteiger partial charge on any atom is 0.228 e. The Bertz CT molecular complexity index is 572. The van der Waals surface area contributed by atoms with Crippen molar-refractivity contribution >= 4 is 11.5 Å². The Balaban J connectivity index is 2.29. The molecule has 2 N–H and O–H groups in total. The highest BCUT2D eigenvalue weighted by molar-refractivity contribution is 6.08. The molecular weight excluding hydrogens is 230 g/mol. The first-order valence-corrected chi connectivity index (χ1v) is 5.60. The minimum absolute atomic E-state index is 0.144. The number of ether oxygens (including phenoxy) is 1. The van der Waals surface area contributed by atoms with Crippen molar-refractivity contribution in [1.29, 1.82) is 0 Å². The van der Waals surface area contributed by atoms with Crippen molar-refractivity contribution in [3.63, 3.8) is 0 Å². The van der Waals surface area contributed by atoms with Gasteiger partial charge in [0.05, 0.1) is 0 Å². The monoisotopic (exact) mass is 245 g/mol. The van der Waals surface area contributed by atoms with Gasteiger partial charge < -0.3 is 14.9 Å². The maximum atomic E-state index is 12.2. The van der Waals surface area contributed by atoms with E-state index in [0.717, 1.165) is 5.56 Å². The highest BCUT2D eigenvalue weighted by Gasteiger charge is 2.15. The van der Waals surface area contributed by atoms with Crippen molar-refractivity contribution < 1.29 is 13.9 Å². The Morgan fingerprint density at radius 2 is 2.11 bits per heavy atom. The van der Waals surface area contributed by atoms with Gasteiger partial charge in [-0.2, -0.15) is 0 Å². The second-order valence-electron chi connectivity index (χ2n) is 4.10. The maximum absolute atomic E-state index is 12.2. The molecule has 18 heavy (non-hydrogen) atoms. The third-order valence-corrected chi connectivity index (χ3v) is 2.67. The largest absolute Gasteiger partial charge is 0.455 e. The summed E-state index contributed by atoms with van der Waals surface area (Å²) in [4.78, 5) is 12.2. The van der Waals surface area contributed by atoms with E-state index < -0.39 is 0 Å². The number of hydrogen-bond donors (Lipinski definition) is 1. The Morgan fingerprint density at radius 1 is 1.33 bits per heavy atom. The molecule has 0 radical (unpaired) electrons. The molecule has 0 unspecified atom stereocenters. The van der Waals surface area contributed by atoms with Gasteiger partial charge in [0.15, 0.2) is 5.76 Å². The van der Waals surface area contributed by atoms with Crippen LogP contribution in [0.5, 0.6) is 0 Å². The van der Waals surface area contributed by atoms with Crippen molar-refractivity contribution in [1.82, 2.24) is 0 Å². The van der Waals surface area contributed by atoms with E-state index in [4.69, 9.17) is 14.9 Å². The fraction of sp³-hybridized carbons (Fsp3) is 0.214. The zero-order chi connectivity index (χ0) is 13.1. The predicted octanol–water partition coefficient (Wildman–Crippen LogP) is 2.55. The Morgan fingerprint density at radius 3 is 2.78 bits per heavy atom. The Hall–Kier alpha value is -2.07. The van der Waals surface area contributed by atoms with E-state index >= 15 is 0 Å². The van der Waals surface area contributed by atoms with E-state index in [-0.39, 0.29) is 5.78 Å². The normalized spacial score (nSPS) is 10.6. The zero-order valence-corrected chi connectivity index (χ0v) is 10.4. The number of nitrogens with two attached hydrogens (primary N) is 1. The van der Waals surface area contributed by atoms with Crippen molar-refractivity contribution in [3.8, 4) is 0 Å². The van der Waals surface area contributed by atoms with Crippen LogP contribution in [0.3, 0.4) is 0 Å². The van der Waals surface area contributed by atoms with Crippen LogP contribution in [0.4, 0.5) is 5.69 Å². The lowest BCUT2D eigenvalue weighted by molar-refractivity contribution is 0.0999. The van der Waals surface area contributed by atoms with E-state index in [1.807, 2.05) is 6.92 Å². The first-order chi connectivity index (χ1) is 8.61. The summed E-state index contributed by atoms with van der Waals surface area (Å²) in [6.45, 7) is 2.20. The molecule has 1 aromatic carbocycles. The molecule has 2 rings (SSSR count). The zero-order valence-electron chi connectivity index (χ0n) is 10.4. The number of methoxy groups -OCH3 is 1. The molecule has 2 aromatic rings. The van der Waals surface area contributed by atoms with Crippen molar-refractivity contribution in [2.24, 2.45) is 0 Å². The number of rotatable bonds is 4. The van der Waals surface area contributed by atoms with Crippen LogP contribution >= 0.6 is 0 Å². The summed E-state index contributed by atoms with van der Waals surface area (Å²) in [7, 11) is 1.58. The molecule has 4 heteroatoms. The number of carbonyl (C=O) groups is 1. The molecule has 0 spiro atoms. The van der Waals surface area contributed by atoms with Gasteiger partial charge in [-0.25, -0.2) is 0 Å². The van der Waals surface area contributed by atoms with Crippen LogP contribution in [0.25, 0.3) is 0 Å². The van der Waals surface area contributed by atoms with Gasteiger partial charge in [0.1, 0.15) is 12.4 Å². The van der Waals surface area contributed by atoms with Gasteiger partial charge in [0.2, 0.25) is 5.78 Å². The molecule has 0 saturated carbocycles. The van der Waals surface area contributed by atoms with Gasteiger partial charge in [0, 0.05) is 18.4 Å². The molecule has 0 atom stereocenters. The molecule has 0 aliphatic heterocycles. The molecule has 0 aliphatic rings. The van der Waals surface area contributed by atoms with Gasteiger partial charge in [0.25, 0.3) is 0 Å². The van der Waals surface area contributed by atoms with E-state index in [0.29, 0.717) is 29.4 Å². The summed E-state index contributed by atoms with van der Waals surface area (Å²) < 4.78 is 10.4. The summed E-state index contributed by atoms with van der Waals surface area (Å²) in [5.41, 5.74) is 7.74. The standard InChI is InChI=1S/C14H15NO3/c1-9-7-10(15)3-5-12(9)14(16)13-6-4-11(18-13)8-17-2/h3-7H,8,15H2,1-2H3. The van der Waals surface area contributed by atoms with Gasteiger partial charge in [-0.15, -0.1) is 0 Å². The quantitative estimate of drug-likeness (QED) is 0.664. The van der Waals surface area contributed by atoms with Gasteiger partial charge in [-0.05, 0) is 42.8 Å². The fourth-order valence-corrected chi connectivity index (χ4v) is 1.79. The number of furan rings is 1. The SMILES string of the molecule is COCc1ccc(C(=O)c2ccc(N)cc2C)o1. The van der Waals surface area contributed by atoms with Gasteiger partial charge >= 0.3 is 0 Å². The number of aryl methyl sites for hydroxylation is 1. The minimum atomic E-state index is -0.144. The van der Waals surface area contributed by atoms with Crippen LogP contribution in [0.2, 0.25) is 0 Å². The lowest BCUT2D eigenvalue weighted by atomic mass is 10.0. The van der Waals surface area contributed by atoms with Crippen molar-refractivity contribution in [3.05, 3.63) is 53.0 Å². The summed E-state index contributed by atoms with van der Waals surface area (Å²) >= 11 is 0. The third-order valence-electron chi connectivity index (χ3n) is 2.67. The number of ketones is 1. The van der Waals surface area contributed by atoms with Crippen molar-refractivity contribution in [2.45, 2.75) is 13.5 Å². The molecule has 0 aliphatic carbocycles. The number of nitrogen functional groups attached to an aromatic ring is 1. The Labute approximate surface area is 105 Å². The second kappa shape index (κ2) is 5.06. The first kappa shape index (κ1) is 12.4. The molecule has 94 valence electrons. The van der Waals surface area contributed by atoms with E-state index in [2.05, 4.69) is 0 Å². The van der Waals surface area contributed by atoms with E-state index in [9.17, 15) is 4.79 Å². The topological polar surface area (TPSA) is 65.5 Å². The van der Waals surface area contributed by atoms with Gasteiger partial charge in [-0.1, -0.05) is 0 Å². The first-order valence-electron chi connectivity index (χ1n) is 5.60. The fourth-order valence-electron chi connectivity index (χ4n) is 1.79. The number of benzene rings is 1. The Kier molecular flexibility index (Phi) is 3.48. The highest BCUT2D eigenvalue weighted by atomic mass is 16.5. The third kappa shape index (κ3) is 2.43. The van der Waals surface area contributed by atoms with Crippen LogP contribution in [0.1, 0.15) is 27.4 Å². The number of hydrogen-bond acceptors (Lipinski definition) is 4. The lowest BCUT2D eigenvalue weighted by Gasteiger charge is -2.03. The number of anilines is 1. The summed E-state index contributed by atoms with van der Waals surface area (Å²) in [6, 6.07) is 8.59. The van der Waals surface area contributed by atoms with Crippen LogP contribution in [0.15, 0.2) is 34.7 Å². The minimum Gasteiger partial charge on any atom is -0.455 e. The van der Waals surface area contributed by atoms with E-state index in [1.165, 1.54) is 0 Å². The van der Waals surface area contributed by atoms with Crippen molar-refractivity contribution in [2.75, 3.05) is 12.8 Å². The molecule has 1 aromatic heterocycles. The average Bonchev–Trinajstić information content (AvgIpc) is 2.77. The molecule has 0 fully saturated rings. The average molecular weight is 245 g/mol. The molecule has 4 nitrogen and oxygen atoms in total. The van der Waals surface area contributed by atoms with Crippen LogP contribution in [-0.2, 0) is 11.3 Å². The predicted molar refractivity (Wildman–Crippen MR) is 68.4 cm³/mol. The molecule has 0 saturated heterocycles. The molecular formula is C14H15NO3. The smallest absolute Gasteiger partial charge is 0.228 e. The molecule has 0 amide bonds. The second-order valence-corrected chi connectivity index (χ2v) is 4.10.